The van der Waals surface area contributed by atoms with Crippen LogP contribution in [0.4, 0.5) is 0 Å². The average Bonchev–Trinajstić information content (AvgIpc) is 2.39. The van der Waals surface area contributed by atoms with Crippen LogP contribution in [0.1, 0.15) is 18.4 Å². The molecule has 1 N–H and O–H groups in total. The van der Waals surface area contributed by atoms with Gasteiger partial charge in [-0.1, -0.05) is 31.9 Å². The van der Waals surface area contributed by atoms with Gasteiger partial charge in [-0.3, -0.25) is 0 Å². The molecule has 18 heavy (non-hydrogen) atoms. The third-order valence-electron chi connectivity index (χ3n) is 2.86. The third-order valence-corrected chi connectivity index (χ3v) is 5.30. The molecule has 1 aromatic carbocycles. The zero-order valence-electron chi connectivity index (χ0n) is 9.83. The first-order valence-electron chi connectivity index (χ1n) is 5.81. The average molecular weight is 397 g/mol. The SMILES string of the molecule is O=S(NC1CCOCC1)c1ccc(Br)cc1CBr. The van der Waals surface area contributed by atoms with E-state index in [9.17, 15) is 4.21 Å². The van der Waals surface area contributed by atoms with Crippen LogP contribution in [0.15, 0.2) is 27.6 Å². The first kappa shape index (κ1) is 14.7. The highest BCUT2D eigenvalue weighted by molar-refractivity contribution is 9.10. The normalized spacial score (nSPS) is 18.8. The van der Waals surface area contributed by atoms with E-state index < -0.39 is 11.0 Å². The van der Waals surface area contributed by atoms with Gasteiger partial charge in [0.15, 0.2) is 0 Å². The van der Waals surface area contributed by atoms with Crippen LogP contribution in [0.3, 0.4) is 0 Å². The molecule has 0 saturated carbocycles. The van der Waals surface area contributed by atoms with Crippen LogP contribution in [-0.2, 0) is 21.1 Å². The lowest BCUT2D eigenvalue weighted by molar-refractivity contribution is 0.0835. The van der Waals surface area contributed by atoms with E-state index in [0.717, 1.165) is 41.0 Å². The van der Waals surface area contributed by atoms with Crippen LogP contribution in [0, 0.1) is 0 Å². The summed E-state index contributed by atoms with van der Waals surface area (Å²) in [6, 6.07) is 6.10. The van der Waals surface area contributed by atoms with Gasteiger partial charge in [-0.15, -0.1) is 0 Å². The van der Waals surface area contributed by atoms with Crippen molar-refractivity contribution in [2.24, 2.45) is 0 Å². The highest BCUT2D eigenvalue weighted by Gasteiger charge is 2.18. The molecular weight excluding hydrogens is 382 g/mol. The Hall–Kier alpha value is 0.250. The fraction of sp³-hybridized carbons (Fsp3) is 0.500. The van der Waals surface area contributed by atoms with Crippen LogP contribution >= 0.6 is 31.9 Å². The van der Waals surface area contributed by atoms with E-state index in [2.05, 4.69) is 36.6 Å². The molecule has 2 rings (SSSR count). The molecule has 3 nitrogen and oxygen atoms in total. The van der Waals surface area contributed by atoms with E-state index in [4.69, 9.17) is 4.74 Å². The minimum atomic E-state index is -1.16. The number of alkyl halides is 1. The number of halogens is 2. The molecule has 6 heteroatoms. The van der Waals surface area contributed by atoms with Gasteiger partial charge in [0.05, 0.1) is 4.90 Å². The standard InChI is InChI=1S/C12H15Br2NO2S/c13-8-9-7-10(14)1-2-12(9)18(16)15-11-3-5-17-6-4-11/h1-2,7,11,15H,3-6,8H2. The molecule has 100 valence electrons. The van der Waals surface area contributed by atoms with Crippen molar-refractivity contribution < 1.29 is 8.95 Å². The van der Waals surface area contributed by atoms with Crippen molar-refractivity contribution in [2.75, 3.05) is 13.2 Å². The zero-order valence-corrected chi connectivity index (χ0v) is 13.8. The lowest BCUT2D eigenvalue weighted by atomic mass is 10.1. The van der Waals surface area contributed by atoms with Gasteiger partial charge in [0.2, 0.25) is 0 Å². The minimum Gasteiger partial charge on any atom is -0.381 e. The van der Waals surface area contributed by atoms with E-state index in [-0.39, 0.29) is 6.04 Å². The molecule has 0 aromatic heterocycles. The molecular formula is C12H15Br2NO2S. The summed E-state index contributed by atoms with van der Waals surface area (Å²) in [6.45, 7) is 1.50. The van der Waals surface area contributed by atoms with Crippen molar-refractivity contribution in [2.45, 2.75) is 29.1 Å². The van der Waals surface area contributed by atoms with E-state index in [1.807, 2.05) is 18.2 Å². The van der Waals surface area contributed by atoms with Crippen LogP contribution in [0.2, 0.25) is 0 Å². The Morgan fingerprint density at radius 1 is 1.39 bits per heavy atom. The van der Waals surface area contributed by atoms with Crippen LogP contribution in [0.25, 0.3) is 0 Å². The van der Waals surface area contributed by atoms with Gasteiger partial charge in [0.1, 0.15) is 11.0 Å². The summed E-state index contributed by atoms with van der Waals surface area (Å²) in [4.78, 5) is 0.849. The number of benzene rings is 1. The summed E-state index contributed by atoms with van der Waals surface area (Å²) in [5, 5.41) is 0.697. The molecule has 1 unspecified atom stereocenters. The highest BCUT2D eigenvalue weighted by atomic mass is 79.9. The Kier molecular flexibility index (Phi) is 5.82. The summed E-state index contributed by atoms with van der Waals surface area (Å²) in [7, 11) is -1.16. The molecule has 1 aliphatic rings. The van der Waals surface area contributed by atoms with Gasteiger partial charge in [-0.25, -0.2) is 8.93 Å². The molecule has 1 fully saturated rings. The quantitative estimate of drug-likeness (QED) is 0.794. The molecule has 0 bridgehead atoms. The lowest BCUT2D eigenvalue weighted by Gasteiger charge is -2.23. The van der Waals surface area contributed by atoms with Crippen LogP contribution in [-0.4, -0.2) is 23.5 Å². The zero-order chi connectivity index (χ0) is 13.0. The lowest BCUT2D eigenvalue weighted by Crippen LogP contribution is -2.36. The molecule has 1 atom stereocenters. The first-order valence-corrected chi connectivity index (χ1v) is 8.87. The topological polar surface area (TPSA) is 38.3 Å². The third kappa shape index (κ3) is 3.87. The molecule has 1 saturated heterocycles. The maximum Gasteiger partial charge on any atom is 0.125 e. The van der Waals surface area contributed by atoms with E-state index in [1.54, 1.807) is 0 Å². The second-order valence-electron chi connectivity index (χ2n) is 4.16. The molecule has 1 aliphatic heterocycles. The van der Waals surface area contributed by atoms with Crippen molar-refractivity contribution in [3.05, 3.63) is 28.2 Å². The van der Waals surface area contributed by atoms with Gasteiger partial charge in [-0.2, -0.15) is 0 Å². The molecule has 0 amide bonds. The fourth-order valence-corrected chi connectivity index (χ4v) is 4.15. The largest absolute Gasteiger partial charge is 0.381 e. The summed E-state index contributed by atoms with van der Waals surface area (Å²) in [5.41, 5.74) is 1.04. The minimum absolute atomic E-state index is 0.284. The van der Waals surface area contributed by atoms with Gasteiger partial charge in [0.25, 0.3) is 0 Å². The highest BCUT2D eigenvalue weighted by Crippen LogP contribution is 2.22. The molecule has 0 spiro atoms. The Labute approximate surface area is 127 Å². The van der Waals surface area contributed by atoms with Crippen molar-refractivity contribution in [1.29, 1.82) is 0 Å². The van der Waals surface area contributed by atoms with Crippen molar-refractivity contribution >= 4 is 42.8 Å². The van der Waals surface area contributed by atoms with Crippen molar-refractivity contribution in [1.82, 2.24) is 4.72 Å². The van der Waals surface area contributed by atoms with Gasteiger partial charge >= 0.3 is 0 Å². The number of rotatable bonds is 4. The smallest absolute Gasteiger partial charge is 0.125 e. The second-order valence-corrected chi connectivity index (χ2v) is 6.85. The summed E-state index contributed by atoms with van der Waals surface area (Å²) in [5.74, 6) is 0. The number of nitrogens with one attached hydrogen (secondary N) is 1. The maximum absolute atomic E-state index is 12.3. The van der Waals surface area contributed by atoms with Gasteiger partial charge < -0.3 is 4.74 Å². The Morgan fingerprint density at radius 3 is 2.78 bits per heavy atom. The number of hydrogen-bond donors (Lipinski definition) is 1. The van der Waals surface area contributed by atoms with E-state index in [0.29, 0.717) is 5.33 Å². The van der Waals surface area contributed by atoms with E-state index in [1.165, 1.54) is 0 Å². The maximum atomic E-state index is 12.3. The fourth-order valence-electron chi connectivity index (χ4n) is 1.86. The molecule has 0 radical (unpaired) electrons. The Balaban J connectivity index is 2.08. The second kappa shape index (κ2) is 7.14. The number of hydrogen-bond acceptors (Lipinski definition) is 2. The van der Waals surface area contributed by atoms with Crippen molar-refractivity contribution in [3.63, 3.8) is 0 Å². The molecule has 1 aromatic rings. The van der Waals surface area contributed by atoms with Gasteiger partial charge in [-0.05, 0) is 36.6 Å². The van der Waals surface area contributed by atoms with E-state index >= 15 is 0 Å². The summed E-state index contributed by atoms with van der Waals surface area (Å²) >= 11 is 6.86. The van der Waals surface area contributed by atoms with Gasteiger partial charge in [0, 0.05) is 29.1 Å². The summed E-state index contributed by atoms with van der Waals surface area (Å²) in [6.07, 6.45) is 1.85. The Bertz CT molecular complexity index is 436. The summed E-state index contributed by atoms with van der Waals surface area (Å²) < 4.78 is 21.8. The monoisotopic (exact) mass is 395 g/mol. The predicted octanol–water partition coefficient (Wildman–Crippen LogP) is 3.14. The van der Waals surface area contributed by atoms with Crippen molar-refractivity contribution in [3.8, 4) is 0 Å². The first-order chi connectivity index (χ1) is 8.70. The Morgan fingerprint density at radius 2 is 2.11 bits per heavy atom. The predicted molar refractivity (Wildman–Crippen MR) is 80.2 cm³/mol. The molecule has 0 aliphatic carbocycles. The number of ether oxygens (including phenoxy) is 1. The van der Waals surface area contributed by atoms with Crippen LogP contribution in [0.5, 0.6) is 0 Å². The molecule has 1 heterocycles. The van der Waals surface area contributed by atoms with Crippen LogP contribution < -0.4 is 4.72 Å².